The summed E-state index contributed by atoms with van der Waals surface area (Å²) in [5.74, 6) is -0.00727. The third-order valence-corrected chi connectivity index (χ3v) is 3.00. The molecule has 0 bridgehead atoms. The summed E-state index contributed by atoms with van der Waals surface area (Å²) in [6.45, 7) is 6.04. The minimum atomic E-state index is -0.154. The van der Waals surface area contributed by atoms with E-state index in [4.69, 9.17) is 5.73 Å². The molecule has 1 amide bonds. The van der Waals surface area contributed by atoms with Gasteiger partial charge in [-0.25, -0.2) is 4.98 Å². The summed E-state index contributed by atoms with van der Waals surface area (Å²) in [4.78, 5) is 15.7. The lowest BCUT2D eigenvalue weighted by atomic mass is 10.0. The number of aromatic nitrogens is 1. The molecule has 0 aromatic carbocycles. The SMILES string of the molecule is CCC(C)(C)NC(=O)Cc1csc(N)n1. The van der Waals surface area contributed by atoms with E-state index in [1.165, 1.54) is 11.3 Å². The molecular weight excluding hydrogens is 210 g/mol. The second-order valence-electron chi connectivity index (χ2n) is 4.14. The van der Waals surface area contributed by atoms with Crippen LogP contribution in [0.3, 0.4) is 0 Å². The lowest BCUT2D eigenvalue weighted by Gasteiger charge is -2.24. The van der Waals surface area contributed by atoms with Crippen molar-refractivity contribution in [3.8, 4) is 0 Å². The number of hydrogen-bond donors (Lipinski definition) is 2. The Hall–Kier alpha value is -1.10. The van der Waals surface area contributed by atoms with Crippen molar-refractivity contribution in [1.29, 1.82) is 0 Å². The number of nitrogens with two attached hydrogens (primary N) is 1. The van der Waals surface area contributed by atoms with Gasteiger partial charge in [0.2, 0.25) is 5.91 Å². The van der Waals surface area contributed by atoms with Gasteiger partial charge in [0.05, 0.1) is 12.1 Å². The average Bonchev–Trinajstić information content (AvgIpc) is 2.50. The quantitative estimate of drug-likeness (QED) is 0.820. The highest BCUT2D eigenvalue weighted by molar-refractivity contribution is 7.13. The normalized spacial score (nSPS) is 11.4. The van der Waals surface area contributed by atoms with Gasteiger partial charge in [0.1, 0.15) is 0 Å². The first kappa shape index (κ1) is 12.0. The van der Waals surface area contributed by atoms with E-state index in [0.29, 0.717) is 11.6 Å². The van der Waals surface area contributed by atoms with Crippen molar-refractivity contribution < 1.29 is 4.79 Å². The molecule has 0 spiro atoms. The van der Waals surface area contributed by atoms with Crippen molar-refractivity contribution in [2.24, 2.45) is 0 Å². The molecule has 0 aliphatic rings. The number of rotatable bonds is 4. The molecule has 0 atom stereocenters. The Kier molecular flexibility index (Phi) is 3.68. The highest BCUT2D eigenvalue weighted by Crippen LogP contribution is 2.12. The molecule has 0 saturated heterocycles. The number of carbonyl (C=O) groups excluding carboxylic acids is 1. The summed E-state index contributed by atoms with van der Waals surface area (Å²) in [6, 6.07) is 0. The van der Waals surface area contributed by atoms with Crippen LogP contribution in [0.2, 0.25) is 0 Å². The van der Waals surface area contributed by atoms with Gasteiger partial charge in [-0.3, -0.25) is 4.79 Å². The molecule has 4 nitrogen and oxygen atoms in total. The topological polar surface area (TPSA) is 68.0 Å². The molecule has 0 fully saturated rings. The Morgan fingerprint density at radius 3 is 2.80 bits per heavy atom. The van der Waals surface area contributed by atoms with Gasteiger partial charge in [-0.15, -0.1) is 11.3 Å². The van der Waals surface area contributed by atoms with Crippen LogP contribution in [0.1, 0.15) is 32.9 Å². The van der Waals surface area contributed by atoms with Crippen molar-refractivity contribution in [3.05, 3.63) is 11.1 Å². The van der Waals surface area contributed by atoms with Crippen LogP contribution in [0.15, 0.2) is 5.38 Å². The van der Waals surface area contributed by atoms with E-state index in [2.05, 4.69) is 10.3 Å². The molecular formula is C10H17N3OS. The van der Waals surface area contributed by atoms with Gasteiger partial charge in [-0.1, -0.05) is 6.92 Å². The molecule has 0 aliphatic carbocycles. The van der Waals surface area contributed by atoms with Gasteiger partial charge >= 0.3 is 0 Å². The van der Waals surface area contributed by atoms with Gasteiger partial charge in [-0.05, 0) is 20.3 Å². The molecule has 0 radical (unpaired) electrons. The average molecular weight is 227 g/mol. The minimum absolute atomic E-state index is 0.00727. The van der Waals surface area contributed by atoms with E-state index in [-0.39, 0.29) is 11.4 Å². The predicted octanol–water partition coefficient (Wildman–Crippen LogP) is 1.57. The summed E-state index contributed by atoms with van der Waals surface area (Å²) in [5, 5.41) is 5.27. The van der Waals surface area contributed by atoms with Gasteiger partial charge in [0, 0.05) is 10.9 Å². The van der Waals surface area contributed by atoms with Crippen molar-refractivity contribution >= 4 is 22.4 Å². The Balaban J connectivity index is 2.50. The molecule has 15 heavy (non-hydrogen) atoms. The van der Waals surface area contributed by atoms with E-state index in [9.17, 15) is 4.79 Å². The first-order valence-corrected chi connectivity index (χ1v) is 5.82. The first-order valence-electron chi connectivity index (χ1n) is 4.94. The smallest absolute Gasteiger partial charge is 0.226 e. The summed E-state index contributed by atoms with van der Waals surface area (Å²) in [6.07, 6.45) is 1.20. The second-order valence-corrected chi connectivity index (χ2v) is 5.03. The molecule has 1 aromatic heterocycles. The number of nitrogens with one attached hydrogen (secondary N) is 1. The lowest BCUT2D eigenvalue weighted by molar-refractivity contribution is -0.122. The fourth-order valence-corrected chi connectivity index (χ4v) is 1.64. The highest BCUT2D eigenvalue weighted by Gasteiger charge is 2.18. The zero-order chi connectivity index (χ0) is 11.5. The van der Waals surface area contributed by atoms with Gasteiger partial charge in [-0.2, -0.15) is 0 Å². The Morgan fingerprint density at radius 1 is 1.67 bits per heavy atom. The van der Waals surface area contributed by atoms with E-state index < -0.39 is 0 Å². The summed E-state index contributed by atoms with van der Waals surface area (Å²) < 4.78 is 0. The largest absolute Gasteiger partial charge is 0.375 e. The van der Waals surface area contributed by atoms with Crippen LogP contribution in [0.5, 0.6) is 0 Å². The van der Waals surface area contributed by atoms with Crippen molar-refractivity contribution in [2.75, 3.05) is 5.73 Å². The molecule has 3 N–H and O–H groups in total. The number of nitrogens with zero attached hydrogens (tertiary/aromatic N) is 1. The summed E-state index contributed by atoms with van der Waals surface area (Å²) >= 11 is 1.36. The maximum Gasteiger partial charge on any atom is 0.226 e. The van der Waals surface area contributed by atoms with Crippen molar-refractivity contribution in [2.45, 2.75) is 39.2 Å². The van der Waals surface area contributed by atoms with Crippen LogP contribution in [-0.4, -0.2) is 16.4 Å². The Labute approximate surface area is 93.9 Å². The third kappa shape index (κ3) is 3.87. The van der Waals surface area contributed by atoms with E-state index in [1.54, 1.807) is 0 Å². The monoisotopic (exact) mass is 227 g/mol. The number of anilines is 1. The van der Waals surface area contributed by atoms with Crippen LogP contribution in [0, 0.1) is 0 Å². The third-order valence-electron chi connectivity index (χ3n) is 2.27. The number of thiazole rings is 1. The van der Waals surface area contributed by atoms with Crippen LogP contribution >= 0.6 is 11.3 Å². The van der Waals surface area contributed by atoms with Crippen LogP contribution < -0.4 is 11.1 Å². The van der Waals surface area contributed by atoms with Crippen LogP contribution in [0.25, 0.3) is 0 Å². The van der Waals surface area contributed by atoms with Crippen molar-refractivity contribution in [3.63, 3.8) is 0 Å². The zero-order valence-electron chi connectivity index (χ0n) is 9.33. The molecule has 1 rings (SSSR count). The number of amides is 1. The molecule has 5 heteroatoms. The van der Waals surface area contributed by atoms with E-state index >= 15 is 0 Å². The second kappa shape index (κ2) is 4.61. The van der Waals surface area contributed by atoms with Gasteiger partial charge < -0.3 is 11.1 Å². The zero-order valence-corrected chi connectivity index (χ0v) is 10.1. The van der Waals surface area contributed by atoms with Gasteiger partial charge in [0.15, 0.2) is 5.13 Å². The lowest BCUT2D eigenvalue weighted by Crippen LogP contribution is -2.43. The fourth-order valence-electron chi connectivity index (χ4n) is 1.08. The fraction of sp³-hybridized carbons (Fsp3) is 0.600. The summed E-state index contributed by atoms with van der Waals surface area (Å²) in [7, 11) is 0. The molecule has 0 unspecified atom stereocenters. The molecule has 1 aromatic rings. The van der Waals surface area contributed by atoms with Crippen LogP contribution in [0.4, 0.5) is 5.13 Å². The minimum Gasteiger partial charge on any atom is -0.375 e. The standard InChI is InChI=1S/C10H17N3OS/c1-4-10(2,3)13-8(14)5-7-6-15-9(11)12-7/h6H,4-5H2,1-3H3,(H2,11,12)(H,13,14). The molecule has 1 heterocycles. The van der Waals surface area contributed by atoms with Crippen LogP contribution in [-0.2, 0) is 11.2 Å². The molecule has 84 valence electrons. The van der Waals surface area contributed by atoms with Crippen molar-refractivity contribution in [1.82, 2.24) is 10.3 Å². The number of carbonyl (C=O) groups is 1. The highest BCUT2D eigenvalue weighted by atomic mass is 32.1. The Bertz CT molecular complexity index is 346. The summed E-state index contributed by atoms with van der Waals surface area (Å²) in [5.41, 5.74) is 6.07. The predicted molar refractivity (Wildman–Crippen MR) is 62.7 cm³/mol. The van der Waals surface area contributed by atoms with Gasteiger partial charge in [0.25, 0.3) is 0 Å². The first-order chi connectivity index (χ1) is 6.93. The molecule has 0 saturated carbocycles. The molecule has 0 aliphatic heterocycles. The number of nitrogen functional groups attached to an aromatic ring is 1. The Morgan fingerprint density at radius 2 is 2.33 bits per heavy atom. The maximum absolute atomic E-state index is 11.6. The number of hydrogen-bond acceptors (Lipinski definition) is 4. The van der Waals surface area contributed by atoms with E-state index in [0.717, 1.165) is 12.1 Å². The van der Waals surface area contributed by atoms with E-state index in [1.807, 2.05) is 26.2 Å². The maximum atomic E-state index is 11.6.